The minimum absolute atomic E-state index is 0.394. The zero-order valence-electron chi connectivity index (χ0n) is 11.4. The van der Waals surface area contributed by atoms with Crippen molar-refractivity contribution >= 4 is 21.6 Å². The number of nitrogens with two attached hydrogens (primary N) is 1. The van der Waals surface area contributed by atoms with E-state index in [4.69, 9.17) is 5.73 Å². The van der Waals surface area contributed by atoms with Crippen molar-refractivity contribution in [1.82, 2.24) is 4.90 Å². The summed E-state index contributed by atoms with van der Waals surface area (Å²) in [6.45, 7) is 7.12. The number of rotatable bonds is 2. The zero-order chi connectivity index (χ0) is 13.3. The van der Waals surface area contributed by atoms with Gasteiger partial charge in [0, 0.05) is 30.1 Å². The van der Waals surface area contributed by atoms with Gasteiger partial charge in [0.25, 0.3) is 0 Å². The van der Waals surface area contributed by atoms with Crippen molar-refractivity contribution in [2.45, 2.75) is 25.9 Å². The number of halogens is 1. The van der Waals surface area contributed by atoms with Crippen molar-refractivity contribution in [3.8, 4) is 0 Å². The Labute approximate surface area is 118 Å². The predicted octanol–water partition coefficient (Wildman–Crippen LogP) is 2.23. The van der Waals surface area contributed by atoms with E-state index < -0.39 is 0 Å². The summed E-state index contributed by atoms with van der Waals surface area (Å²) in [6, 6.07) is 7.48. The number of anilines is 1. The largest absolute Gasteiger partial charge is 0.364 e. The van der Waals surface area contributed by atoms with E-state index in [-0.39, 0.29) is 0 Å². The Hall–Kier alpha value is -0.580. The van der Waals surface area contributed by atoms with Crippen LogP contribution in [0, 0.1) is 6.92 Å². The van der Waals surface area contributed by atoms with Crippen LogP contribution in [0.3, 0.4) is 0 Å². The summed E-state index contributed by atoms with van der Waals surface area (Å²) in [6.07, 6.45) is 0. The molecule has 0 saturated carbocycles. The Kier molecular flexibility index (Phi) is 4.30. The molecule has 0 aromatic heterocycles. The third-order valence-electron chi connectivity index (χ3n) is 3.84. The molecule has 1 saturated heterocycles. The summed E-state index contributed by atoms with van der Waals surface area (Å²) in [5.41, 5.74) is 8.47. The summed E-state index contributed by atoms with van der Waals surface area (Å²) < 4.78 is 1.16. The van der Waals surface area contributed by atoms with Gasteiger partial charge in [0.05, 0.1) is 11.7 Å². The van der Waals surface area contributed by atoms with E-state index in [0.29, 0.717) is 18.6 Å². The molecule has 1 aliphatic heterocycles. The molecule has 2 rings (SSSR count). The molecule has 4 heteroatoms. The first-order valence-corrected chi connectivity index (χ1v) is 7.25. The molecule has 1 aromatic carbocycles. The second-order valence-corrected chi connectivity index (χ2v) is 6.14. The van der Waals surface area contributed by atoms with Crippen LogP contribution in [0.2, 0.25) is 0 Å². The monoisotopic (exact) mass is 311 g/mol. The number of benzene rings is 1. The highest BCUT2D eigenvalue weighted by Gasteiger charge is 2.29. The third-order valence-corrected chi connectivity index (χ3v) is 4.47. The minimum atomic E-state index is 0.394. The first kappa shape index (κ1) is 13.8. The van der Waals surface area contributed by atoms with Crippen LogP contribution in [0.5, 0.6) is 0 Å². The molecule has 18 heavy (non-hydrogen) atoms. The maximum absolute atomic E-state index is 5.93. The van der Waals surface area contributed by atoms with Gasteiger partial charge in [-0.25, -0.2) is 0 Å². The van der Waals surface area contributed by atoms with Crippen LogP contribution in [0.1, 0.15) is 12.5 Å². The molecular formula is C14H22BrN3. The van der Waals surface area contributed by atoms with Crippen molar-refractivity contribution in [2.24, 2.45) is 5.73 Å². The van der Waals surface area contributed by atoms with Crippen molar-refractivity contribution in [1.29, 1.82) is 0 Å². The van der Waals surface area contributed by atoms with Gasteiger partial charge in [-0.15, -0.1) is 0 Å². The Morgan fingerprint density at radius 3 is 2.72 bits per heavy atom. The second kappa shape index (κ2) is 5.59. The Morgan fingerprint density at radius 2 is 2.11 bits per heavy atom. The fourth-order valence-electron chi connectivity index (χ4n) is 2.53. The minimum Gasteiger partial charge on any atom is -0.364 e. The van der Waals surface area contributed by atoms with Crippen LogP contribution >= 0.6 is 15.9 Å². The van der Waals surface area contributed by atoms with Crippen LogP contribution in [-0.2, 0) is 0 Å². The number of nitrogens with zero attached hydrogens (tertiary/aromatic N) is 2. The van der Waals surface area contributed by atoms with Crippen LogP contribution in [0.15, 0.2) is 22.7 Å². The lowest BCUT2D eigenvalue weighted by molar-refractivity contribution is 0.202. The number of hydrogen-bond donors (Lipinski definition) is 1. The molecular weight excluding hydrogens is 290 g/mol. The van der Waals surface area contributed by atoms with Gasteiger partial charge in [0.2, 0.25) is 0 Å². The van der Waals surface area contributed by atoms with E-state index in [2.05, 4.69) is 64.8 Å². The SMILES string of the molecule is Cc1ccc(N2CC(C)N(C)CC2CN)c(Br)c1. The number of aryl methyl sites for hydroxylation is 1. The van der Waals surface area contributed by atoms with Gasteiger partial charge in [-0.2, -0.15) is 0 Å². The second-order valence-electron chi connectivity index (χ2n) is 5.29. The summed E-state index contributed by atoms with van der Waals surface area (Å²) in [4.78, 5) is 4.82. The fraction of sp³-hybridized carbons (Fsp3) is 0.571. The van der Waals surface area contributed by atoms with Crippen LogP contribution in [0.25, 0.3) is 0 Å². The Bertz CT molecular complexity index is 422. The maximum Gasteiger partial charge on any atom is 0.0540 e. The van der Waals surface area contributed by atoms with Crippen LogP contribution < -0.4 is 10.6 Å². The molecule has 1 aliphatic rings. The highest BCUT2D eigenvalue weighted by atomic mass is 79.9. The van der Waals surface area contributed by atoms with Crippen LogP contribution in [-0.4, -0.2) is 43.7 Å². The molecule has 1 fully saturated rings. The fourth-order valence-corrected chi connectivity index (χ4v) is 3.25. The van der Waals surface area contributed by atoms with Gasteiger partial charge in [0.15, 0.2) is 0 Å². The molecule has 0 bridgehead atoms. The van der Waals surface area contributed by atoms with E-state index in [1.165, 1.54) is 11.3 Å². The lowest BCUT2D eigenvalue weighted by Gasteiger charge is -2.45. The first-order valence-electron chi connectivity index (χ1n) is 6.46. The van der Waals surface area contributed by atoms with Crippen molar-refractivity contribution < 1.29 is 0 Å². The summed E-state index contributed by atoms with van der Waals surface area (Å²) in [5, 5.41) is 0. The Morgan fingerprint density at radius 1 is 1.39 bits per heavy atom. The highest BCUT2D eigenvalue weighted by Crippen LogP contribution is 2.30. The Balaban J connectivity index is 2.29. The van der Waals surface area contributed by atoms with Crippen LogP contribution in [0.4, 0.5) is 5.69 Å². The van der Waals surface area contributed by atoms with Crippen molar-refractivity contribution in [2.75, 3.05) is 31.6 Å². The third kappa shape index (κ3) is 2.71. The summed E-state index contributed by atoms with van der Waals surface area (Å²) in [7, 11) is 2.18. The summed E-state index contributed by atoms with van der Waals surface area (Å²) in [5.74, 6) is 0. The molecule has 2 atom stereocenters. The molecule has 0 amide bonds. The standard InChI is InChI=1S/C14H22BrN3/c1-10-4-5-14(13(15)6-10)18-8-11(2)17(3)9-12(18)7-16/h4-6,11-12H,7-9,16H2,1-3H3. The quantitative estimate of drug-likeness (QED) is 0.909. The van der Waals surface area contributed by atoms with Gasteiger partial charge < -0.3 is 10.6 Å². The highest BCUT2D eigenvalue weighted by molar-refractivity contribution is 9.10. The molecule has 0 radical (unpaired) electrons. The molecule has 2 N–H and O–H groups in total. The first-order chi connectivity index (χ1) is 8.52. The van der Waals surface area contributed by atoms with Gasteiger partial charge in [0.1, 0.15) is 0 Å². The lowest BCUT2D eigenvalue weighted by Crippen LogP contribution is -2.58. The van der Waals surface area contributed by atoms with E-state index >= 15 is 0 Å². The zero-order valence-corrected chi connectivity index (χ0v) is 12.9. The molecule has 1 aromatic rings. The average Bonchev–Trinajstić information content (AvgIpc) is 2.32. The molecule has 0 spiro atoms. The van der Waals surface area contributed by atoms with E-state index in [1.807, 2.05) is 0 Å². The molecule has 0 aliphatic carbocycles. The van der Waals surface area contributed by atoms with E-state index in [0.717, 1.165) is 17.6 Å². The predicted molar refractivity (Wildman–Crippen MR) is 81.2 cm³/mol. The normalized spacial score (nSPS) is 25.5. The maximum atomic E-state index is 5.93. The van der Waals surface area contributed by atoms with Crippen molar-refractivity contribution in [3.05, 3.63) is 28.2 Å². The van der Waals surface area contributed by atoms with Gasteiger partial charge in [-0.05, 0) is 54.5 Å². The number of likely N-dealkylation sites (N-methyl/N-ethyl adjacent to an activating group) is 1. The summed E-state index contributed by atoms with van der Waals surface area (Å²) >= 11 is 3.68. The lowest BCUT2D eigenvalue weighted by atomic mass is 10.1. The molecule has 2 unspecified atom stereocenters. The topological polar surface area (TPSA) is 32.5 Å². The van der Waals surface area contributed by atoms with Gasteiger partial charge in [-0.1, -0.05) is 6.07 Å². The molecule has 3 nitrogen and oxygen atoms in total. The van der Waals surface area contributed by atoms with Gasteiger partial charge >= 0.3 is 0 Å². The molecule has 100 valence electrons. The molecule has 1 heterocycles. The van der Waals surface area contributed by atoms with E-state index in [9.17, 15) is 0 Å². The van der Waals surface area contributed by atoms with E-state index in [1.54, 1.807) is 0 Å². The van der Waals surface area contributed by atoms with Crippen molar-refractivity contribution in [3.63, 3.8) is 0 Å². The average molecular weight is 312 g/mol. The number of piperazine rings is 1. The smallest absolute Gasteiger partial charge is 0.0540 e. The van der Waals surface area contributed by atoms with Gasteiger partial charge in [-0.3, -0.25) is 4.90 Å². The number of hydrogen-bond acceptors (Lipinski definition) is 3.